The Morgan fingerprint density at radius 2 is 2.15 bits per heavy atom. The second-order valence-corrected chi connectivity index (χ2v) is 4.45. The van der Waals surface area contributed by atoms with Gasteiger partial charge in [0, 0.05) is 19.2 Å². The predicted molar refractivity (Wildman–Crippen MR) is 62.3 cm³/mol. The van der Waals surface area contributed by atoms with Crippen LogP contribution < -0.4 is 0 Å². The molecule has 1 rings (SSSR count). The molecule has 0 atom stereocenters. The molecule has 0 aliphatic heterocycles. The first-order chi connectivity index (χ1) is 6.07. The first-order valence-electron chi connectivity index (χ1n) is 3.52. The summed E-state index contributed by atoms with van der Waals surface area (Å²) >= 11 is 5.30. The van der Waals surface area contributed by atoms with Crippen LogP contribution >= 0.6 is 38.5 Å². The van der Waals surface area contributed by atoms with Crippen molar-refractivity contribution in [3.8, 4) is 0 Å². The van der Waals surface area contributed by atoms with Gasteiger partial charge in [0.2, 0.25) is 0 Å². The third kappa shape index (κ3) is 2.17. The number of rotatable bonds is 2. The monoisotopic (exact) mass is 352 g/mol. The summed E-state index contributed by atoms with van der Waals surface area (Å²) < 4.78 is 1.43. The molecule has 68 valence electrons. The van der Waals surface area contributed by atoms with E-state index in [0.29, 0.717) is 15.6 Å². The minimum atomic E-state index is -0.0417. The Morgan fingerprint density at radius 3 is 2.62 bits per heavy atom. The van der Waals surface area contributed by atoms with Gasteiger partial charge in [-0.25, -0.2) is 0 Å². The lowest BCUT2D eigenvalue weighted by Crippen LogP contribution is -2.00. The molecular weight excluding hydrogens is 347 g/mol. The molecule has 0 aromatic heterocycles. The van der Waals surface area contributed by atoms with Crippen molar-refractivity contribution in [3.05, 3.63) is 31.3 Å². The van der Waals surface area contributed by atoms with Gasteiger partial charge in [0.1, 0.15) is 0 Å². The van der Waals surface area contributed by atoms with Crippen LogP contribution in [-0.4, -0.2) is 12.1 Å². The van der Waals surface area contributed by atoms with E-state index in [2.05, 4.69) is 38.5 Å². The zero-order chi connectivity index (χ0) is 10.0. The SMILES string of the molecule is CC(=O)c1c(I)ccc(C=O)c1Br. The molecule has 0 unspecified atom stereocenters. The van der Waals surface area contributed by atoms with E-state index < -0.39 is 0 Å². The van der Waals surface area contributed by atoms with Crippen LogP contribution in [0.5, 0.6) is 0 Å². The summed E-state index contributed by atoms with van der Waals surface area (Å²) in [7, 11) is 0. The summed E-state index contributed by atoms with van der Waals surface area (Å²) in [6.07, 6.45) is 0.729. The predicted octanol–water partition coefficient (Wildman–Crippen LogP) is 3.07. The van der Waals surface area contributed by atoms with Gasteiger partial charge in [0.05, 0.1) is 0 Å². The molecule has 0 spiro atoms. The summed E-state index contributed by atoms with van der Waals surface area (Å²) in [5, 5.41) is 0. The lowest BCUT2D eigenvalue weighted by atomic mass is 10.1. The average molecular weight is 353 g/mol. The summed E-state index contributed by atoms with van der Waals surface area (Å²) in [6, 6.07) is 3.44. The molecule has 0 radical (unpaired) electrons. The molecule has 0 fully saturated rings. The number of carbonyl (C=O) groups excluding carboxylic acids is 2. The first kappa shape index (κ1) is 10.8. The van der Waals surface area contributed by atoms with Crippen molar-refractivity contribution in [1.82, 2.24) is 0 Å². The fraction of sp³-hybridized carbons (Fsp3) is 0.111. The summed E-state index contributed by atoms with van der Waals surface area (Å²) in [6.45, 7) is 1.48. The van der Waals surface area contributed by atoms with Crippen molar-refractivity contribution < 1.29 is 9.59 Å². The van der Waals surface area contributed by atoms with Crippen molar-refractivity contribution in [2.45, 2.75) is 6.92 Å². The van der Waals surface area contributed by atoms with Crippen molar-refractivity contribution in [2.75, 3.05) is 0 Å². The van der Waals surface area contributed by atoms with Gasteiger partial charge < -0.3 is 0 Å². The lowest BCUT2D eigenvalue weighted by molar-refractivity contribution is 0.101. The largest absolute Gasteiger partial charge is 0.298 e. The highest BCUT2D eigenvalue weighted by Gasteiger charge is 2.12. The van der Waals surface area contributed by atoms with Crippen molar-refractivity contribution >= 4 is 50.6 Å². The maximum Gasteiger partial charge on any atom is 0.162 e. The van der Waals surface area contributed by atoms with Gasteiger partial charge in [0.15, 0.2) is 12.1 Å². The van der Waals surface area contributed by atoms with E-state index in [4.69, 9.17) is 0 Å². The Balaban J connectivity index is 3.47. The van der Waals surface area contributed by atoms with Gasteiger partial charge >= 0.3 is 0 Å². The maximum absolute atomic E-state index is 11.2. The number of carbonyl (C=O) groups is 2. The highest BCUT2D eigenvalue weighted by Crippen LogP contribution is 2.25. The van der Waals surface area contributed by atoms with Crippen LogP contribution in [-0.2, 0) is 0 Å². The second-order valence-electron chi connectivity index (χ2n) is 2.50. The molecule has 0 aliphatic rings. The highest BCUT2D eigenvalue weighted by atomic mass is 127. The van der Waals surface area contributed by atoms with Gasteiger partial charge in [0.25, 0.3) is 0 Å². The molecule has 0 heterocycles. The number of aldehydes is 1. The Morgan fingerprint density at radius 1 is 1.54 bits per heavy atom. The fourth-order valence-electron chi connectivity index (χ4n) is 0.982. The number of Topliss-reactive ketones (excluding diaryl/α,β-unsaturated/α-hetero) is 1. The molecule has 0 amide bonds. The third-order valence-electron chi connectivity index (χ3n) is 1.60. The molecule has 1 aromatic rings. The van der Waals surface area contributed by atoms with Crippen molar-refractivity contribution in [2.24, 2.45) is 0 Å². The molecule has 13 heavy (non-hydrogen) atoms. The minimum Gasteiger partial charge on any atom is -0.298 e. The summed E-state index contributed by atoms with van der Waals surface area (Å²) in [5.74, 6) is -0.0417. The van der Waals surface area contributed by atoms with E-state index >= 15 is 0 Å². The van der Waals surface area contributed by atoms with Crippen LogP contribution in [0.25, 0.3) is 0 Å². The van der Waals surface area contributed by atoms with Gasteiger partial charge in [-0.1, -0.05) is 0 Å². The molecule has 0 saturated heterocycles. The number of hydrogen-bond donors (Lipinski definition) is 0. The average Bonchev–Trinajstić information content (AvgIpc) is 2.04. The molecule has 2 nitrogen and oxygen atoms in total. The van der Waals surface area contributed by atoms with Gasteiger partial charge in [-0.2, -0.15) is 0 Å². The second kappa shape index (κ2) is 4.32. The van der Waals surface area contributed by atoms with Crippen LogP contribution in [0.4, 0.5) is 0 Å². The van der Waals surface area contributed by atoms with E-state index in [1.54, 1.807) is 12.1 Å². The Labute approximate surface area is 98.0 Å². The minimum absolute atomic E-state index is 0.0417. The number of ketones is 1. The summed E-state index contributed by atoms with van der Waals surface area (Å²) in [4.78, 5) is 21.8. The van der Waals surface area contributed by atoms with Crippen LogP contribution in [0.3, 0.4) is 0 Å². The number of hydrogen-bond acceptors (Lipinski definition) is 2. The molecule has 1 aromatic carbocycles. The van der Waals surface area contributed by atoms with E-state index in [0.717, 1.165) is 9.86 Å². The lowest BCUT2D eigenvalue weighted by Gasteiger charge is -2.04. The fourth-order valence-corrected chi connectivity index (χ4v) is 2.90. The van der Waals surface area contributed by atoms with E-state index in [-0.39, 0.29) is 5.78 Å². The quantitative estimate of drug-likeness (QED) is 0.465. The Bertz CT molecular complexity index is 374. The zero-order valence-electron chi connectivity index (χ0n) is 6.80. The topological polar surface area (TPSA) is 34.1 Å². The van der Waals surface area contributed by atoms with Crippen molar-refractivity contribution in [3.63, 3.8) is 0 Å². The van der Waals surface area contributed by atoms with Gasteiger partial charge in [-0.3, -0.25) is 9.59 Å². The molecule has 0 N–H and O–H groups in total. The first-order valence-corrected chi connectivity index (χ1v) is 5.39. The van der Waals surface area contributed by atoms with E-state index in [1.165, 1.54) is 6.92 Å². The molecule has 0 saturated carbocycles. The molecule has 0 aliphatic carbocycles. The maximum atomic E-state index is 11.2. The zero-order valence-corrected chi connectivity index (χ0v) is 10.5. The molecular formula is C9H6BrIO2. The van der Waals surface area contributed by atoms with Crippen LogP contribution in [0, 0.1) is 3.57 Å². The van der Waals surface area contributed by atoms with Crippen LogP contribution in [0.1, 0.15) is 27.6 Å². The normalized spacial score (nSPS) is 9.77. The number of halogens is 2. The molecule has 0 bridgehead atoms. The summed E-state index contributed by atoms with van der Waals surface area (Å²) in [5.41, 5.74) is 1.08. The Hall–Kier alpha value is -0.230. The van der Waals surface area contributed by atoms with Crippen LogP contribution in [0.2, 0.25) is 0 Å². The molecule has 4 heteroatoms. The van der Waals surface area contributed by atoms with E-state index in [1.807, 2.05) is 0 Å². The van der Waals surface area contributed by atoms with Gasteiger partial charge in [-0.05, 0) is 57.6 Å². The smallest absolute Gasteiger partial charge is 0.162 e. The van der Waals surface area contributed by atoms with Crippen LogP contribution in [0.15, 0.2) is 16.6 Å². The number of benzene rings is 1. The van der Waals surface area contributed by atoms with Crippen molar-refractivity contribution in [1.29, 1.82) is 0 Å². The third-order valence-corrected chi connectivity index (χ3v) is 3.35. The van der Waals surface area contributed by atoms with Gasteiger partial charge in [-0.15, -0.1) is 0 Å². The standard InChI is InChI=1S/C9H6BrIO2/c1-5(13)8-7(11)3-2-6(4-12)9(8)10/h2-4H,1H3. The highest BCUT2D eigenvalue weighted by molar-refractivity contribution is 14.1. The van der Waals surface area contributed by atoms with E-state index in [9.17, 15) is 9.59 Å². The Kier molecular flexibility index (Phi) is 3.61.